The van der Waals surface area contributed by atoms with E-state index < -0.39 is 0 Å². The summed E-state index contributed by atoms with van der Waals surface area (Å²) in [6.45, 7) is 7.51. The van der Waals surface area contributed by atoms with E-state index in [9.17, 15) is 4.79 Å². The lowest BCUT2D eigenvalue weighted by atomic mass is 9.99. The molecule has 0 spiro atoms. The second-order valence-electron chi connectivity index (χ2n) is 5.81. The summed E-state index contributed by atoms with van der Waals surface area (Å²) in [4.78, 5) is 21.0. The van der Waals surface area contributed by atoms with Gasteiger partial charge in [0, 0.05) is 26.2 Å². The Balaban J connectivity index is 1.64. The maximum absolute atomic E-state index is 11.9. The highest BCUT2D eigenvalue weighted by Gasteiger charge is 2.20. The maximum Gasteiger partial charge on any atom is 0.263 e. The van der Waals surface area contributed by atoms with Gasteiger partial charge in [0.2, 0.25) is 0 Å². The molecular weight excluding hydrogens is 272 g/mol. The van der Waals surface area contributed by atoms with Gasteiger partial charge < -0.3 is 20.2 Å². The first-order valence-electron chi connectivity index (χ1n) is 7.67. The molecule has 2 aliphatic heterocycles. The number of piperidine rings is 1. The van der Waals surface area contributed by atoms with Crippen molar-refractivity contribution in [1.82, 2.24) is 9.80 Å². The van der Waals surface area contributed by atoms with Crippen molar-refractivity contribution in [3.8, 4) is 0 Å². The summed E-state index contributed by atoms with van der Waals surface area (Å²) in [6, 6.07) is 0. The third-order valence-corrected chi connectivity index (χ3v) is 4.00. The number of likely N-dealkylation sites (tertiary alicyclic amines) is 1. The number of nitrogens with two attached hydrogens (primary N) is 1. The number of morpholine rings is 1. The van der Waals surface area contributed by atoms with Crippen molar-refractivity contribution < 1.29 is 14.4 Å². The van der Waals surface area contributed by atoms with E-state index in [0.717, 1.165) is 52.2 Å². The monoisotopic (exact) mass is 298 g/mol. The van der Waals surface area contributed by atoms with Crippen molar-refractivity contribution in [1.29, 1.82) is 0 Å². The van der Waals surface area contributed by atoms with E-state index in [1.165, 1.54) is 0 Å². The molecule has 2 saturated heterocycles. The van der Waals surface area contributed by atoms with Crippen LogP contribution in [-0.4, -0.2) is 74.1 Å². The molecule has 0 atom stereocenters. The van der Waals surface area contributed by atoms with Crippen LogP contribution in [0.4, 0.5) is 0 Å². The summed E-state index contributed by atoms with van der Waals surface area (Å²) < 4.78 is 5.26. The summed E-state index contributed by atoms with van der Waals surface area (Å²) in [5, 5.41) is 3.83. The molecule has 1 amide bonds. The van der Waals surface area contributed by atoms with Crippen LogP contribution in [-0.2, 0) is 14.4 Å². The third-order valence-electron chi connectivity index (χ3n) is 4.00. The molecule has 0 bridgehead atoms. The Morgan fingerprint density at radius 1 is 1.29 bits per heavy atom. The van der Waals surface area contributed by atoms with Gasteiger partial charge in [-0.05, 0) is 18.8 Å². The summed E-state index contributed by atoms with van der Waals surface area (Å²) in [6.07, 6.45) is 2.13. The first kappa shape index (κ1) is 16.0. The van der Waals surface area contributed by atoms with E-state index in [1.807, 2.05) is 4.90 Å². The zero-order valence-corrected chi connectivity index (χ0v) is 12.8. The van der Waals surface area contributed by atoms with Gasteiger partial charge in [-0.3, -0.25) is 9.69 Å². The summed E-state index contributed by atoms with van der Waals surface area (Å²) in [7, 11) is 0. The predicted octanol–water partition coefficient (Wildman–Crippen LogP) is -0.134. The minimum atomic E-state index is -0.0296. The normalized spacial score (nSPS) is 22.3. The molecule has 0 aliphatic carbocycles. The molecule has 0 unspecified atom stereocenters. The number of amides is 1. The molecule has 21 heavy (non-hydrogen) atoms. The molecule has 2 rings (SSSR count). The molecule has 0 radical (unpaired) electrons. The average Bonchev–Trinajstić information content (AvgIpc) is 2.49. The molecule has 7 heteroatoms. The number of hydrogen-bond donors (Lipinski definition) is 1. The van der Waals surface area contributed by atoms with Crippen LogP contribution in [0.2, 0.25) is 0 Å². The van der Waals surface area contributed by atoms with Gasteiger partial charge in [-0.15, -0.1) is 0 Å². The van der Waals surface area contributed by atoms with Gasteiger partial charge in [-0.1, -0.05) is 12.1 Å². The Morgan fingerprint density at radius 2 is 1.95 bits per heavy atom. The van der Waals surface area contributed by atoms with Gasteiger partial charge in [0.15, 0.2) is 12.4 Å². The number of nitrogens with zero attached hydrogens (tertiary/aromatic N) is 3. The van der Waals surface area contributed by atoms with Crippen molar-refractivity contribution in [3.63, 3.8) is 0 Å². The van der Waals surface area contributed by atoms with Gasteiger partial charge in [0.1, 0.15) is 0 Å². The zero-order chi connectivity index (χ0) is 15.1. The standard InChI is InChI=1S/C14H26N4O3/c1-12-2-4-18(5-3-12)14(19)11-21-16-13(15)10-17-6-8-20-9-7-17/h12H,2-11H2,1H3,(H2,15,16). The van der Waals surface area contributed by atoms with Gasteiger partial charge in [0.05, 0.1) is 19.8 Å². The molecule has 7 nitrogen and oxygen atoms in total. The van der Waals surface area contributed by atoms with Crippen molar-refractivity contribution >= 4 is 11.7 Å². The van der Waals surface area contributed by atoms with E-state index in [-0.39, 0.29) is 12.5 Å². The molecule has 2 N–H and O–H groups in total. The van der Waals surface area contributed by atoms with Crippen molar-refractivity contribution in [2.24, 2.45) is 16.8 Å². The molecule has 2 fully saturated rings. The summed E-state index contributed by atoms with van der Waals surface area (Å²) >= 11 is 0. The minimum absolute atomic E-state index is 0.00942. The molecule has 120 valence electrons. The van der Waals surface area contributed by atoms with Crippen LogP contribution in [0.25, 0.3) is 0 Å². The third kappa shape index (κ3) is 5.51. The van der Waals surface area contributed by atoms with Crippen LogP contribution < -0.4 is 5.73 Å². The van der Waals surface area contributed by atoms with E-state index in [1.54, 1.807) is 0 Å². The molecule has 0 aromatic carbocycles. The quantitative estimate of drug-likeness (QED) is 0.434. The number of ether oxygens (including phenoxy) is 1. The topological polar surface area (TPSA) is 80.4 Å². The SMILES string of the molecule is CC1CCN(C(=O)CO/N=C(/N)CN2CCOCC2)CC1. The fourth-order valence-corrected chi connectivity index (χ4v) is 2.54. The largest absolute Gasteiger partial charge is 0.384 e. The number of amidine groups is 1. The number of rotatable bonds is 5. The minimum Gasteiger partial charge on any atom is -0.384 e. The zero-order valence-electron chi connectivity index (χ0n) is 12.8. The summed E-state index contributed by atoms with van der Waals surface area (Å²) in [5.41, 5.74) is 5.81. The second-order valence-corrected chi connectivity index (χ2v) is 5.81. The number of hydrogen-bond acceptors (Lipinski definition) is 5. The predicted molar refractivity (Wildman–Crippen MR) is 79.8 cm³/mol. The molecule has 0 aromatic heterocycles. The molecule has 0 saturated carbocycles. The Kier molecular flexibility index (Phi) is 6.25. The van der Waals surface area contributed by atoms with E-state index in [4.69, 9.17) is 15.3 Å². The van der Waals surface area contributed by atoms with Crippen LogP contribution in [0.15, 0.2) is 5.16 Å². The van der Waals surface area contributed by atoms with Gasteiger partial charge in [0.25, 0.3) is 5.91 Å². The Morgan fingerprint density at radius 3 is 2.62 bits per heavy atom. The van der Waals surface area contributed by atoms with Gasteiger partial charge in [-0.25, -0.2) is 0 Å². The van der Waals surface area contributed by atoms with E-state index in [2.05, 4.69) is 17.0 Å². The van der Waals surface area contributed by atoms with Crippen LogP contribution in [0.1, 0.15) is 19.8 Å². The van der Waals surface area contributed by atoms with Crippen LogP contribution >= 0.6 is 0 Å². The summed E-state index contributed by atoms with van der Waals surface area (Å²) in [5.74, 6) is 1.10. The number of carbonyl (C=O) groups excluding carboxylic acids is 1. The van der Waals surface area contributed by atoms with Gasteiger partial charge >= 0.3 is 0 Å². The molecule has 0 aromatic rings. The lowest BCUT2D eigenvalue weighted by molar-refractivity contribution is -0.137. The van der Waals surface area contributed by atoms with Crippen molar-refractivity contribution in [3.05, 3.63) is 0 Å². The highest BCUT2D eigenvalue weighted by Crippen LogP contribution is 2.15. The van der Waals surface area contributed by atoms with Crippen LogP contribution in [0.5, 0.6) is 0 Å². The molecular formula is C14H26N4O3. The fraction of sp³-hybridized carbons (Fsp3) is 0.857. The first-order valence-corrected chi connectivity index (χ1v) is 7.67. The molecule has 2 aliphatic rings. The van der Waals surface area contributed by atoms with Crippen LogP contribution in [0.3, 0.4) is 0 Å². The first-order chi connectivity index (χ1) is 10.1. The number of carbonyl (C=O) groups is 1. The highest BCUT2D eigenvalue weighted by molar-refractivity contribution is 5.82. The smallest absolute Gasteiger partial charge is 0.263 e. The van der Waals surface area contributed by atoms with Crippen molar-refractivity contribution in [2.45, 2.75) is 19.8 Å². The molecule has 2 heterocycles. The van der Waals surface area contributed by atoms with Gasteiger partial charge in [-0.2, -0.15) is 0 Å². The second kappa shape index (κ2) is 8.19. The van der Waals surface area contributed by atoms with Crippen molar-refractivity contribution in [2.75, 3.05) is 52.5 Å². The Labute approximate surface area is 126 Å². The fourth-order valence-electron chi connectivity index (χ4n) is 2.54. The lowest BCUT2D eigenvalue weighted by Gasteiger charge is -2.29. The van der Waals surface area contributed by atoms with E-state index >= 15 is 0 Å². The number of oxime groups is 1. The van der Waals surface area contributed by atoms with Crippen LogP contribution in [0, 0.1) is 5.92 Å². The average molecular weight is 298 g/mol. The maximum atomic E-state index is 11.9. The highest BCUT2D eigenvalue weighted by atomic mass is 16.6. The lowest BCUT2D eigenvalue weighted by Crippen LogP contribution is -2.42. The Bertz CT molecular complexity index is 361. The Hall–Kier alpha value is -1.34. The van der Waals surface area contributed by atoms with E-state index in [0.29, 0.717) is 18.3 Å².